The summed E-state index contributed by atoms with van der Waals surface area (Å²) in [6, 6.07) is 11.2. The third kappa shape index (κ3) is 3.42. The number of rotatable bonds is 4. The Balaban J connectivity index is 2.11. The number of hydrogen-bond donors (Lipinski definition) is 2. The fraction of sp³-hybridized carbons (Fsp3) is 0.217. The number of methoxy groups -OCH3 is 1. The highest BCUT2D eigenvalue weighted by molar-refractivity contribution is 7.20. The minimum atomic E-state index is -0.830. The summed E-state index contributed by atoms with van der Waals surface area (Å²) >= 11 is 1.13. The Labute approximate surface area is 182 Å². The molecule has 6 nitrogen and oxygen atoms in total. The summed E-state index contributed by atoms with van der Waals surface area (Å²) in [4.78, 5) is 17.8. The lowest BCUT2D eigenvalue weighted by Crippen LogP contribution is -2.21. The monoisotopic (exact) mass is 440 g/mol. The second-order valence-electron chi connectivity index (χ2n) is 8.12. The number of benzene rings is 2. The van der Waals surface area contributed by atoms with E-state index in [4.69, 9.17) is 4.74 Å². The highest BCUT2D eigenvalue weighted by Gasteiger charge is 2.36. The zero-order valence-electron chi connectivity index (χ0n) is 17.4. The largest absolute Gasteiger partial charge is 0.503 e. The number of aromatic nitrogens is 2. The van der Waals surface area contributed by atoms with Crippen LogP contribution in [0, 0.1) is 11.2 Å². The van der Waals surface area contributed by atoms with E-state index in [0.29, 0.717) is 21.5 Å². The summed E-state index contributed by atoms with van der Waals surface area (Å²) in [6.07, 6.45) is 0. The second-order valence-corrected chi connectivity index (χ2v) is 9.13. The molecule has 2 N–H and O–H groups in total. The molecule has 2 aromatic carbocycles. The summed E-state index contributed by atoms with van der Waals surface area (Å²) in [5.41, 5.74) is 0.429. The molecule has 0 aliphatic carbocycles. The number of carbonyl (C=O) groups is 1. The quantitative estimate of drug-likeness (QED) is 0.407. The van der Waals surface area contributed by atoms with Gasteiger partial charge in [0.05, 0.1) is 28.6 Å². The van der Waals surface area contributed by atoms with E-state index >= 15 is 0 Å². The fourth-order valence-corrected chi connectivity index (χ4v) is 4.40. The maximum atomic E-state index is 13.7. The maximum Gasteiger partial charge on any atom is 0.242 e. The van der Waals surface area contributed by atoms with Gasteiger partial charge >= 0.3 is 0 Å². The number of ketones is 1. The molecule has 0 saturated heterocycles. The molecule has 0 saturated carbocycles. The van der Waals surface area contributed by atoms with Crippen molar-refractivity contribution in [1.29, 1.82) is 0 Å². The van der Waals surface area contributed by atoms with E-state index in [2.05, 4.69) is 4.98 Å². The minimum absolute atomic E-state index is 0.0278. The van der Waals surface area contributed by atoms with Crippen LogP contribution in [-0.2, 0) is 0 Å². The summed E-state index contributed by atoms with van der Waals surface area (Å²) < 4.78 is 21.1. The van der Waals surface area contributed by atoms with Gasteiger partial charge in [-0.25, -0.2) is 9.37 Å². The van der Waals surface area contributed by atoms with Gasteiger partial charge < -0.3 is 14.9 Å². The number of Topliss-reactive ketones (excluding diaryl/α,β-unsaturated/α-hetero) is 1. The van der Waals surface area contributed by atoms with Crippen molar-refractivity contribution in [2.45, 2.75) is 20.8 Å². The Bertz CT molecular complexity index is 1320. The third-order valence-electron chi connectivity index (χ3n) is 4.92. The van der Waals surface area contributed by atoms with E-state index in [1.54, 1.807) is 45.0 Å². The fourth-order valence-electron chi connectivity index (χ4n) is 3.40. The van der Waals surface area contributed by atoms with Gasteiger partial charge in [0.1, 0.15) is 11.6 Å². The Morgan fingerprint density at radius 3 is 2.55 bits per heavy atom. The number of ether oxygens (including phenoxy) is 1. The minimum Gasteiger partial charge on any atom is -0.503 e. The van der Waals surface area contributed by atoms with Crippen molar-refractivity contribution < 1.29 is 24.1 Å². The maximum absolute atomic E-state index is 13.7. The van der Waals surface area contributed by atoms with Gasteiger partial charge in [-0.3, -0.25) is 9.36 Å². The van der Waals surface area contributed by atoms with Gasteiger partial charge in [-0.15, -0.1) is 0 Å². The molecular formula is C23H21FN2O4S. The molecule has 31 heavy (non-hydrogen) atoms. The first-order chi connectivity index (χ1) is 14.6. The van der Waals surface area contributed by atoms with Crippen LogP contribution in [0.3, 0.4) is 0 Å². The van der Waals surface area contributed by atoms with Crippen LogP contribution in [-0.4, -0.2) is 32.7 Å². The van der Waals surface area contributed by atoms with Crippen molar-refractivity contribution in [3.8, 4) is 33.8 Å². The molecule has 0 aliphatic rings. The lowest BCUT2D eigenvalue weighted by Gasteiger charge is -2.18. The molecule has 0 fully saturated rings. The normalized spacial score (nSPS) is 11.8. The molecule has 4 rings (SSSR count). The van der Waals surface area contributed by atoms with Crippen LogP contribution in [0.5, 0.6) is 17.4 Å². The lowest BCUT2D eigenvalue weighted by atomic mass is 9.85. The molecule has 0 spiro atoms. The number of aromatic hydroxyl groups is 2. The SMILES string of the molecule is COc1ccccc1-c1c(C(=O)C(C)(C)C)c(O)c(O)n1-c1nc2ccc(F)cc2s1. The van der Waals surface area contributed by atoms with E-state index in [-0.39, 0.29) is 22.2 Å². The predicted octanol–water partition coefficient (Wildman–Crippen LogP) is 5.54. The van der Waals surface area contributed by atoms with Crippen molar-refractivity contribution in [3.63, 3.8) is 0 Å². The van der Waals surface area contributed by atoms with Crippen molar-refractivity contribution in [2.75, 3.05) is 7.11 Å². The molecule has 160 valence electrons. The molecule has 2 heterocycles. The van der Waals surface area contributed by atoms with Crippen LogP contribution in [0.1, 0.15) is 31.1 Å². The average molecular weight is 440 g/mol. The Hall–Kier alpha value is -3.39. The number of halogens is 1. The number of para-hydroxylation sites is 1. The van der Waals surface area contributed by atoms with Crippen LogP contribution >= 0.6 is 11.3 Å². The highest BCUT2D eigenvalue weighted by atomic mass is 32.1. The number of fused-ring (bicyclic) bond motifs is 1. The molecule has 0 radical (unpaired) electrons. The Morgan fingerprint density at radius 2 is 1.87 bits per heavy atom. The standard InChI is InChI=1S/C23H21FN2O4S/c1-23(2,3)20(28)17-18(13-7-5-6-8-15(13)30-4)26(21(29)19(17)27)22-25-14-10-9-12(24)11-16(14)31-22/h5-11,27,29H,1-4H3. The lowest BCUT2D eigenvalue weighted by molar-refractivity contribution is 0.0856. The molecule has 0 atom stereocenters. The molecule has 4 aromatic rings. The first-order valence-electron chi connectivity index (χ1n) is 9.54. The van der Waals surface area contributed by atoms with Gasteiger partial charge in [0.2, 0.25) is 5.88 Å². The zero-order chi connectivity index (χ0) is 22.5. The molecule has 0 unspecified atom stereocenters. The highest BCUT2D eigenvalue weighted by Crippen LogP contribution is 2.48. The smallest absolute Gasteiger partial charge is 0.242 e. The van der Waals surface area contributed by atoms with Crippen molar-refractivity contribution in [2.24, 2.45) is 5.41 Å². The van der Waals surface area contributed by atoms with Crippen LogP contribution in [0.2, 0.25) is 0 Å². The van der Waals surface area contributed by atoms with Gasteiger partial charge in [0.15, 0.2) is 16.7 Å². The van der Waals surface area contributed by atoms with Gasteiger partial charge in [-0.1, -0.05) is 44.2 Å². The molecule has 0 aliphatic heterocycles. The van der Waals surface area contributed by atoms with Gasteiger partial charge in [-0.05, 0) is 30.3 Å². The van der Waals surface area contributed by atoms with Crippen LogP contribution < -0.4 is 4.74 Å². The number of hydrogen-bond acceptors (Lipinski definition) is 6. The molecule has 0 bridgehead atoms. The summed E-state index contributed by atoms with van der Waals surface area (Å²) in [5.74, 6) is -1.36. The van der Waals surface area contributed by atoms with E-state index in [9.17, 15) is 19.4 Å². The first-order valence-corrected chi connectivity index (χ1v) is 10.4. The molecule has 0 amide bonds. The van der Waals surface area contributed by atoms with E-state index in [0.717, 1.165) is 11.3 Å². The van der Waals surface area contributed by atoms with Crippen molar-refractivity contribution in [1.82, 2.24) is 9.55 Å². The third-order valence-corrected chi connectivity index (χ3v) is 5.92. The van der Waals surface area contributed by atoms with Gasteiger partial charge in [0, 0.05) is 11.0 Å². The van der Waals surface area contributed by atoms with E-state index < -0.39 is 22.9 Å². The van der Waals surface area contributed by atoms with E-state index in [1.165, 1.54) is 29.9 Å². The average Bonchev–Trinajstić information content (AvgIpc) is 3.24. The van der Waals surface area contributed by atoms with Crippen LogP contribution in [0.25, 0.3) is 26.6 Å². The predicted molar refractivity (Wildman–Crippen MR) is 118 cm³/mol. The van der Waals surface area contributed by atoms with Crippen LogP contribution in [0.4, 0.5) is 4.39 Å². The van der Waals surface area contributed by atoms with Gasteiger partial charge in [0.25, 0.3) is 0 Å². The Kier molecular flexibility index (Phi) is 4.97. The molecular weight excluding hydrogens is 419 g/mol. The van der Waals surface area contributed by atoms with E-state index in [1.807, 2.05) is 0 Å². The zero-order valence-corrected chi connectivity index (χ0v) is 18.2. The van der Waals surface area contributed by atoms with Crippen molar-refractivity contribution in [3.05, 3.63) is 53.8 Å². The second kappa shape index (κ2) is 7.39. The van der Waals surface area contributed by atoms with Crippen molar-refractivity contribution >= 4 is 27.3 Å². The summed E-state index contributed by atoms with van der Waals surface area (Å²) in [5, 5.41) is 22.0. The van der Waals surface area contributed by atoms with Gasteiger partial charge in [-0.2, -0.15) is 0 Å². The molecule has 2 aromatic heterocycles. The number of carbonyl (C=O) groups excluding carboxylic acids is 1. The topological polar surface area (TPSA) is 84.6 Å². The first kappa shape index (κ1) is 20.9. The molecule has 8 heteroatoms. The number of nitrogens with zero attached hydrogens (tertiary/aromatic N) is 2. The van der Waals surface area contributed by atoms with Crippen LogP contribution in [0.15, 0.2) is 42.5 Å². The summed E-state index contributed by atoms with van der Waals surface area (Å²) in [6.45, 7) is 5.20. The summed E-state index contributed by atoms with van der Waals surface area (Å²) in [7, 11) is 1.50. The number of thiazole rings is 1. The Morgan fingerprint density at radius 1 is 1.16 bits per heavy atom.